The number of sulfone groups is 1. The molecule has 2 aliphatic heterocycles. The maximum Gasteiger partial charge on any atom is 0.222 e. The SMILES string of the molecule is O=C(CCC1CC1)N1CCN(CCc2ccccc2)[C@@H]2CS(=O)(=O)C[C@@H]21. The van der Waals surface area contributed by atoms with E-state index in [1.54, 1.807) is 0 Å². The van der Waals surface area contributed by atoms with Gasteiger partial charge in [0.1, 0.15) is 0 Å². The molecule has 0 radical (unpaired) electrons. The fraction of sp³-hybridized carbons (Fsp3) is 0.650. The second-order valence-electron chi connectivity index (χ2n) is 8.05. The number of hydrogen-bond acceptors (Lipinski definition) is 4. The summed E-state index contributed by atoms with van der Waals surface area (Å²) in [5, 5.41) is 0. The third-order valence-corrected chi connectivity index (χ3v) is 7.80. The monoisotopic (exact) mass is 376 g/mol. The van der Waals surface area contributed by atoms with Gasteiger partial charge in [0.15, 0.2) is 9.84 Å². The molecule has 1 saturated carbocycles. The third kappa shape index (κ3) is 4.12. The van der Waals surface area contributed by atoms with Crippen molar-refractivity contribution in [1.82, 2.24) is 9.80 Å². The molecule has 1 aromatic rings. The van der Waals surface area contributed by atoms with Crippen LogP contribution in [-0.2, 0) is 21.1 Å². The Bertz CT molecular complexity index is 746. The summed E-state index contributed by atoms with van der Waals surface area (Å²) in [5.74, 6) is 1.22. The minimum absolute atomic E-state index is 0.0395. The summed E-state index contributed by atoms with van der Waals surface area (Å²) in [6.07, 6.45) is 4.97. The minimum atomic E-state index is -3.07. The van der Waals surface area contributed by atoms with Gasteiger partial charge in [-0.05, 0) is 24.3 Å². The second-order valence-corrected chi connectivity index (χ2v) is 10.2. The van der Waals surface area contributed by atoms with Gasteiger partial charge in [0, 0.05) is 32.1 Å². The molecule has 5 nitrogen and oxygen atoms in total. The summed E-state index contributed by atoms with van der Waals surface area (Å²) in [5.41, 5.74) is 1.27. The number of fused-ring (bicyclic) bond motifs is 1. The smallest absolute Gasteiger partial charge is 0.222 e. The molecule has 2 heterocycles. The first kappa shape index (κ1) is 18.0. The van der Waals surface area contributed by atoms with Crippen LogP contribution in [0.25, 0.3) is 0 Å². The normalized spacial score (nSPS) is 28.1. The molecule has 0 bridgehead atoms. The van der Waals surface area contributed by atoms with Gasteiger partial charge in [-0.3, -0.25) is 9.69 Å². The van der Waals surface area contributed by atoms with E-state index >= 15 is 0 Å². The van der Waals surface area contributed by atoms with E-state index in [1.165, 1.54) is 18.4 Å². The minimum Gasteiger partial charge on any atom is -0.336 e. The molecule has 1 aliphatic carbocycles. The van der Waals surface area contributed by atoms with Crippen molar-refractivity contribution in [2.24, 2.45) is 5.92 Å². The zero-order valence-corrected chi connectivity index (χ0v) is 16.0. The zero-order valence-electron chi connectivity index (χ0n) is 15.2. The Morgan fingerprint density at radius 1 is 1.04 bits per heavy atom. The van der Waals surface area contributed by atoms with E-state index in [1.807, 2.05) is 23.1 Å². The topological polar surface area (TPSA) is 57.7 Å². The van der Waals surface area contributed by atoms with Crippen LogP contribution in [0.4, 0.5) is 0 Å². The highest BCUT2D eigenvalue weighted by atomic mass is 32.2. The summed E-state index contributed by atoms with van der Waals surface area (Å²) in [6.45, 7) is 2.29. The maximum atomic E-state index is 12.7. The predicted molar refractivity (Wildman–Crippen MR) is 102 cm³/mol. The Balaban J connectivity index is 1.42. The van der Waals surface area contributed by atoms with Crippen LogP contribution in [0.2, 0.25) is 0 Å². The molecule has 1 amide bonds. The Kier molecular flexibility index (Phi) is 5.06. The van der Waals surface area contributed by atoms with Gasteiger partial charge in [-0.15, -0.1) is 0 Å². The first-order valence-corrected chi connectivity index (χ1v) is 11.6. The van der Waals surface area contributed by atoms with Gasteiger partial charge in [-0.2, -0.15) is 0 Å². The fourth-order valence-corrected chi connectivity index (χ4v) is 6.42. The van der Waals surface area contributed by atoms with Gasteiger partial charge in [-0.25, -0.2) is 8.42 Å². The van der Waals surface area contributed by atoms with Crippen LogP contribution >= 0.6 is 0 Å². The van der Waals surface area contributed by atoms with Crippen molar-refractivity contribution in [3.63, 3.8) is 0 Å². The van der Waals surface area contributed by atoms with Crippen molar-refractivity contribution >= 4 is 15.7 Å². The Morgan fingerprint density at radius 3 is 2.50 bits per heavy atom. The first-order valence-electron chi connectivity index (χ1n) is 9.80. The molecule has 0 spiro atoms. The van der Waals surface area contributed by atoms with E-state index < -0.39 is 9.84 Å². The number of benzene rings is 1. The summed E-state index contributed by atoms with van der Waals surface area (Å²) in [7, 11) is -3.07. The van der Waals surface area contributed by atoms with Crippen LogP contribution < -0.4 is 0 Å². The lowest BCUT2D eigenvalue weighted by Crippen LogP contribution is -2.60. The van der Waals surface area contributed by atoms with Gasteiger partial charge in [0.25, 0.3) is 0 Å². The van der Waals surface area contributed by atoms with Crippen LogP contribution in [-0.4, -0.2) is 67.3 Å². The maximum absolute atomic E-state index is 12.7. The van der Waals surface area contributed by atoms with Crippen molar-refractivity contribution in [1.29, 1.82) is 0 Å². The fourth-order valence-electron chi connectivity index (χ4n) is 4.41. The Labute approximate surface area is 156 Å². The number of piperazine rings is 1. The average Bonchev–Trinajstić information content (AvgIpc) is 3.39. The van der Waals surface area contributed by atoms with Gasteiger partial charge < -0.3 is 4.90 Å². The number of carbonyl (C=O) groups excluding carboxylic acids is 1. The molecule has 6 heteroatoms. The van der Waals surface area contributed by atoms with Crippen molar-refractivity contribution in [3.8, 4) is 0 Å². The molecule has 3 fully saturated rings. The Hall–Kier alpha value is -1.40. The van der Waals surface area contributed by atoms with Crippen LogP contribution in [0.5, 0.6) is 0 Å². The van der Waals surface area contributed by atoms with Crippen LogP contribution in [0.15, 0.2) is 30.3 Å². The molecule has 2 saturated heterocycles. The molecule has 0 unspecified atom stereocenters. The van der Waals surface area contributed by atoms with Crippen molar-refractivity contribution in [3.05, 3.63) is 35.9 Å². The molecule has 26 heavy (non-hydrogen) atoms. The van der Waals surface area contributed by atoms with Crippen molar-refractivity contribution in [2.75, 3.05) is 31.1 Å². The lowest BCUT2D eigenvalue weighted by atomic mass is 10.0. The second kappa shape index (κ2) is 7.31. The number of carbonyl (C=O) groups is 1. The number of rotatable bonds is 6. The van der Waals surface area contributed by atoms with Crippen molar-refractivity contribution in [2.45, 2.75) is 44.2 Å². The quantitative estimate of drug-likeness (QED) is 0.759. The molecule has 0 N–H and O–H groups in total. The van der Waals surface area contributed by atoms with Crippen LogP contribution in [0.3, 0.4) is 0 Å². The summed E-state index contributed by atoms with van der Waals surface area (Å²) < 4.78 is 24.6. The molecule has 0 aromatic heterocycles. The van der Waals surface area contributed by atoms with Gasteiger partial charge in [0.05, 0.1) is 17.5 Å². The van der Waals surface area contributed by atoms with Crippen LogP contribution in [0, 0.1) is 5.92 Å². The number of amides is 1. The molecule has 2 atom stereocenters. The van der Waals surface area contributed by atoms with E-state index in [-0.39, 0.29) is 29.5 Å². The average molecular weight is 377 g/mol. The third-order valence-electron chi connectivity index (χ3n) is 6.11. The molecular formula is C20H28N2O3S. The molecule has 1 aromatic carbocycles. The van der Waals surface area contributed by atoms with Crippen molar-refractivity contribution < 1.29 is 13.2 Å². The Morgan fingerprint density at radius 2 is 1.77 bits per heavy atom. The summed E-state index contributed by atoms with van der Waals surface area (Å²) >= 11 is 0. The predicted octanol–water partition coefficient (Wildman–Crippen LogP) is 1.73. The number of nitrogens with zero attached hydrogens (tertiary/aromatic N) is 2. The number of hydrogen-bond donors (Lipinski definition) is 0. The molecular weight excluding hydrogens is 348 g/mol. The highest BCUT2D eigenvalue weighted by molar-refractivity contribution is 7.91. The lowest BCUT2D eigenvalue weighted by molar-refractivity contribution is -0.137. The molecule has 3 aliphatic rings. The van der Waals surface area contributed by atoms with Gasteiger partial charge in [0.2, 0.25) is 5.91 Å². The van der Waals surface area contributed by atoms with Gasteiger partial charge >= 0.3 is 0 Å². The standard InChI is InChI=1S/C20H28N2O3S/c23-20(9-8-17-6-7-17)22-13-12-21(11-10-16-4-2-1-3-5-16)18-14-26(24,25)15-19(18)22/h1-5,17-19H,6-15H2/t18-,19+/m1/s1. The lowest BCUT2D eigenvalue weighted by Gasteiger charge is -2.44. The zero-order chi connectivity index (χ0) is 18.1. The van der Waals surface area contributed by atoms with E-state index in [9.17, 15) is 13.2 Å². The van der Waals surface area contributed by atoms with E-state index in [0.29, 0.717) is 13.0 Å². The van der Waals surface area contributed by atoms with E-state index in [0.717, 1.165) is 31.8 Å². The summed E-state index contributed by atoms with van der Waals surface area (Å²) in [4.78, 5) is 16.9. The highest BCUT2D eigenvalue weighted by Crippen LogP contribution is 2.34. The summed E-state index contributed by atoms with van der Waals surface area (Å²) in [6, 6.07) is 10.1. The largest absolute Gasteiger partial charge is 0.336 e. The highest BCUT2D eigenvalue weighted by Gasteiger charge is 2.47. The first-order chi connectivity index (χ1) is 12.5. The van der Waals surface area contributed by atoms with E-state index in [4.69, 9.17) is 0 Å². The van der Waals surface area contributed by atoms with E-state index in [2.05, 4.69) is 17.0 Å². The van der Waals surface area contributed by atoms with Crippen LogP contribution in [0.1, 0.15) is 31.2 Å². The van der Waals surface area contributed by atoms with Gasteiger partial charge in [-0.1, -0.05) is 43.2 Å². The molecule has 4 rings (SSSR count). The molecule has 142 valence electrons.